The van der Waals surface area contributed by atoms with Crippen LogP contribution in [0.3, 0.4) is 0 Å². The third kappa shape index (κ3) is 3.20. The SMILES string of the molecule is COC1(C)CCN(c2c(C#N)c(=O)[nH]c3ccc(C(O)C4CC4)nc23)CC1. The second-order valence-electron chi connectivity index (χ2n) is 7.85. The molecule has 1 saturated carbocycles. The summed E-state index contributed by atoms with van der Waals surface area (Å²) in [4.78, 5) is 21.9. The highest BCUT2D eigenvalue weighted by Gasteiger charge is 2.34. The first-order chi connectivity index (χ1) is 13.0. The van der Waals surface area contributed by atoms with Crippen molar-refractivity contribution in [3.8, 4) is 6.07 Å². The zero-order chi connectivity index (χ0) is 19.2. The molecule has 142 valence electrons. The topological polar surface area (TPSA) is 102 Å². The minimum Gasteiger partial charge on any atom is -0.387 e. The Labute approximate surface area is 157 Å². The summed E-state index contributed by atoms with van der Waals surface area (Å²) in [5.74, 6) is 0.258. The summed E-state index contributed by atoms with van der Waals surface area (Å²) in [6.07, 6.45) is 3.01. The number of aromatic nitrogens is 2. The molecule has 1 atom stereocenters. The molecule has 3 heterocycles. The van der Waals surface area contributed by atoms with Gasteiger partial charge in [0.2, 0.25) is 0 Å². The maximum atomic E-state index is 12.4. The number of hydrogen-bond acceptors (Lipinski definition) is 6. The Bertz CT molecular complexity index is 966. The second kappa shape index (κ2) is 6.63. The van der Waals surface area contributed by atoms with Crippen LogP contribution < -0.4 is 10.5 Å². The largest absolute Gasteiger partial charge is 0.387 e. The summed E-state index contributed by atoms with van der Waals surface area (Å²) in [5, 5.41) is 20.1. The number of piperidine rings is 1. The van der Waals surface area contributed by atoms with Gasteiger partial charge < -0.3 is 19.7 Å². The maximum absolute atomic E-state index is 12.4. The van der Waals surface area contributed by atoms with Crippen molar-refractivity contribution in [1.82, 2.24) is 9.97 Å². The van der Waals surface area contributed by atoms with Crippen molar-refractivity contribution in [2.75, 3.05) is 25.1 Å². The van der Waals surface area contributed by atoms with Gasteiger partial charge in [0, 0.05) is 20.2 Å². The first kappa shape index (κ1) is 18.0. The van der Waals surface area contributed by atoms with E-state index in [9.17, 15) is 15.2 Å². The standard InChI is InChI=1S/C20H24N4O3/c1-20(27-2)7-9-24(10-8-20)17-13(11-21)19(26)23-14-5-6-15(22-16(14)17)18(25)12-3-4-12/h5-6,12,18,25H,3-4,7-10H2,1-2H3,(H,23,26). The highest BCUT2D eigenvalue weighted by molar-refractivity contribution is 5.91. The summed E-state index contributed by atoms with van der Waals surface area (Å²) >= 11 is 0. The molecular weight excluding hydrogens is 344 g/mol. The lowest BCUT2D eigenvalue weighted by molar-refractivity contribution is -0.0132. The molecule has 0 spiro atoms. The number of nitrogens with zero attached hydrogens (tertiary/aromatic N) is 3. The Morgan fingerprint density at radius 1 is 1.41 bits per heavy atom. The fourth-order valence-corrected chi connectivity index (χ4v) is 3.80. The average molecular weight is 368 g/mol. The number of aliphatic hydroxyl groups excluding tert-OH is 1. The van der Waals surface area contributed by atoms with Gasteiger partial charge in [-0.2, -0.15) is 5.26 Å². The summed E-state index contributed by atoms with van der Waals surface area (Å²) < 4.78 is 5.61. The molecule has 1 unspecified atom stereocenters. The van der Waals surface area contributed by atoms with Crippen LogP contribution in [0.2, 0.25) is 0 Å². The Morgan fingerprint density at radius 3 is 2.70 bits per heavy atom. The van der Waals surface area contributed by atoms with Gasteiger partial charge in [-0.05, 0) is 50.7 Å². The number of pyridine rings is 2. The summed E-state index contributed by atoms with van der Waals surface area (Å²) in [6, 6.07) is 5.59. The number of nitrogens with one attached hydrogen (secondary N) is 1. The molecule has 27 heavy (non-hydrogen) atoms. The van der Waals surface area contributed by atoms with E-state index in [0.29, 0.717) is 35.5 Å². The lowest BCUT2D eigenvalue weighted by atomic mass is 9.92. The van der Waals surface area contributed by atoms with Crippen LogP contribution in [0.1, 0.15) is 50.0 Å². The monoisotopic (exact) mass is 368 g/mol. The molecule has 1 aliphatic carbocycles. The smallest absolute Gasteiger partial charge is 0.268 e. The van der Waals surface area contributed by atoms with Crippen molar-refractivity contribution < 1.29 is 9.84 Å². The van der Waals surface area contributed by atoms with E-state index >= 15 is 0 Å². The number of anilines is 1. The first-order valence-corrected chi connectivity index (χ1v) is 9.41. The Balaban J connectivity index is 1.82. The molecule has 2 fully saturated rings. The van der Waals surface area contributed by atoms with Gasteiger partial charge in [0.25, 0.3) is 5.56 Å². The van der Waals surface area contributed by atoms with E-state index in [1.807, 2.05) is 0 Å². The zero-order valence-corrected chi connectivity index (χ0v) is 15.7. The summed E-state index contributed by atoms with van der Waals surface area (Å²) in [6.45, 7) is 3.43. The maximum Gasteiger partial charge on any atom is 0.268 e. The summed E-state index contributed by atoms with van der Waals surface area (Å²) in [5.41, 5.74) is 1.80. The van der Waals surface area contributed by atoms with Crippen LogP contribution in [-0.4, -0.2) is 40.9 Å². The number of aliphatic hydroxyl groups is 1. The molecule has 0 radical (unpaired) electrons. The van der Waals surface area contributed by atoms with Crippen molar-refractivity contribution in [1.29, 1.82) is 5.26 Å². The molecular formula is C20H24N4O3. The lowest BCUT2D eigenvalue weighted by Gasteiger charge is -2.39. The number of hydrogen-bond donors (Lipinski definition) is 2. The number of fused-ring (bicyclic) bond motifs is 1. The number of nitriles is 1. The third-order valence-corrected chi connectivity index (χ3v) is 5.97. The fraction of sp³-hybridized carbons (Fsp3) is 0.550. The van der Waals surface area contributed by atoms with E-state index in [1.165, 1.54) is 0 Å². The van der Waals surface area contributed by atoms with Gasteiger partial charge in [-0.25, -0.2) is 4.98 Å². The van der Waals surface area contributed by atoms with Crippen molar-refractivity contribution in [2.45, 2.75) is 44.3 Å². The van der Waals surface area contributed by atoms with Crippen molar-refractivity contribution in [3.05, 3.63) is 33.7 Å². The molecule has 0 amide bonds. The number of methoxy groups -OCH3 is 1. The molecule has 0 aromatic carbocycles. The van der Waals surface area contributed by atoms with Crippen LogP contribution in [0, 0.1) is 17.2 Å². The minimum atomic E-state index is -0.599. The van der Waals surface area contributed by atoms with Crippen LogP contribution >= 0.6 is 0 Å². The van der Waals surface area contributed by atoms with Crippen LogP contribution in [0.25, 0.3) is 11.0 Å². The van der Waals surface area contributed by atoms with Gasteiger partial charge in [-0.1, -0.05) is 0 Å². The van der Waals surface area contributed by atoms with E-state index in [4.69, 9.17) is 4.74 Å². The van der Waals surface area contributed by atoms with Crippen LogP contribution in [0.15, 0.2) is 16.9 Å². The predicted molar refractivity (Wildman–Crippen MR) is 102 cm³/mol. The first-order valence-electron chi connectivity index (χ1n) is 9.41. The number of aromatic amines is 1. The minimum absolute atomic E-state index is 0.0779. The molecule has 2 aliphatic rings. The Hall–Kier alpha value is -2.43. The number of ether oxygens (including phenoxy) is 1. The van der Waals surface area contributed by atoms with E-state index in [-0.39, 0.29) is 17.1 Å². The lowest BCUT2D eigenvalue weighted by Crippen LogP contribution is -2.44. The van der Waals surface area contributed by atoms with Crippen LogP contribution in [-0.2, 0) is 4.74 Å². The molecule has 2 aromatic heterocycles. The van der Waals surface area contributed by atoms with Crippen molar-refractivity contribution >= 4 is 16.7 Å². The van der Waals surface area contributed by atoms with Gasteiger partial charge in [0.15, 0.2) is 0 Å². The van der Waals surface area contributed by atoms with E-state index < -0.39 is 11.7 Å². The number of H-pyrrole nitrogens is 1. The summed E-state index contributed by atoms with van der Waals surface area (Å²) in [7, 11) is 1.71. The highest BCUT2D eigenvalue weighted by Crippen LogP contribution is 2.41. The van der Waals surface area contributed by atoms with Gasteiger partial charge >= 0.3 is 0 Å². The molecule has 4 rings (SSSR count). The zero-order valence-electron chi connectivity index (χ0n) is 15.7. The van der Waals surface area contributed by atoms with Gasteiger partial charge in [0.1, 0.15) is 17.1 Å². The normalized spacial score (nSPS) is 20.4. The van der Waals surface area contributed by atoms with Crippen molar-refractivity contribution in [3.63, 3.8) is 0 Å². The quantitative estimate of drug-likeness (QED) is 0.858. The van der Waals surface area contributed by atoms with Crippen LogP contribution in [0.4, 0.5) is 5.69 Å². The fourth-order valence-electron chi connectivity index (χ4n) is 3.80. The van der Waals surface area contributed by atoms with E-state index in [0.717, 1.165) is 25.7 Å². The van der Waals surface area contributed by atoms with Gasteiger partial charge in [-0.3, -0.25) is 4.79 Å². The van der Waals surface area contributed by atoms with Gasteiger partial charge in [0.05, 0.1) is 28.6 Å². The Kier molecular flexibility index (Phi) is 4.41. The second-order valence-corrected chi connectivity index (χ2v) is 7.85. The van der Waals surface area contributed by atoms with Crippen molar-refractivity contribution in [2.24, 2.45) is 5.92 Å². The molecule has 7 heteroatoms. The highest BCUT2D eigenvalue weighted by atomic mass is 16.5. The molecule has 1 saturated heterocycles. The molecule has 1 aliphatic heterocycles. The molecule has 2 aromatic rings. The third-order valence-electron chi connectivity index (χ3n) is 5.97. The number of rotatable bonds is 4. The predicted octanol–water partition coefficient (Wildman–Crippen LogP) is 2.24. The molecule has 0 bridgehead atoms. The van der Waals surface area contributed by atoms with Crippen LogP contribution in [0.5, 0.6) is 0 Å². The van der Waals surface area contributed by atoms with E-state index in [1.54, 1.807) is 19.2 Å². The average Bonchev–Trinajstić information content (AvgIpc) is 3.52. The van der Waals surface area contributed by atoms with E-state index in [2.05, 4.69) is 27.9 Å². The van der Waals surface area contributed by atoms with Gasteiger partial charge in [-0.15, -0.1) is 0 Å². The molecule has 2 N–H and O–H groups in total. The Morgan fingerprint density at radius 2 is 2.11 bits per heavy atom. The molecule has 7 nitrogen and oxygen atoms in total.